The van der Waals surface area contributed by atoms with E-state index in [1.807, 2.05) is 19.0 Å². The minimum Gasteiger partial charge on any atom is -0.346 e. The first-order chi connectivity index (χ1) is 11.0. The molecule has 1 saturated carbocycles. The van der Waals surface area contributed by atoms with Crippen LogP contribution in [0.1, 0.15) is 37.3 Å². The first-order valence-corrected chi connectivity index (χ1v) is 7.98. The smallest absolute Gasteiger partial charge is 0.309 e. The van der Waals surface area contributed by atoms with E-state index in [1.54, 1.807) is 12.1 Å². The molecule has 1 aliphatic rings. The van der Waals surface area contributed by atoms with Crippen molar-refractivity contribution in [1.82, 2.24) is 15.5 Å². The minimum absolute atomic E-state index is 0.120. The zero-order chi connectivity index (χ0) is 16.8. The molecule has 0 aromatic heterocycles. The number of hydrogen-bond donors (Lipinski definition) is 2. The van der Waals surface area contributed by atoms with Crippen LogP contribution in [0.5, 0.6) is 0 Å². The maximum Gasteiger partial charge on any atom is 0.309 e. The lowest BCUT2D eigenvalue weighted by Crippen LogP contribution is -2.45. The van der Waals surface area contributed by atoms with Gasteiger partial charge in [0.1, 0.15) is 5.82 Å². The van der Waals surface area contributed by atoms with Gasteiger partial charge in [0.05, 0.1) is 6.04 Å². The molecule has 6 heteroatoms. The van der Waals surface area contributed by atoms with Crippen molar-refractivity contribution >= 4 is 11.8 Å². The fourth-order valence-electron chi connectivity index (χ4n) is 2.87. The number of hydrogen-bond acceptors (Lipinski definition) is 3. The third kappa shape index (κ3) is 5.03. The van der Waals surface area contributed by atoms with Crippen LogP contribution in [0.15, 0.2) is 24.3 Å². The van der Waals surface area contributed by atoms with Gasteiger partial charge in [-0.1, -0.05) is 25.0 Å². The van der Waals surface area contributed by atoms with Gasteiger partial charge >= 0.3 is 11.8 Å². The zero-order valence-electron chi connectivity index (χ0n) is 13.6. The zero-order valence-corrected chi connectivity index (χ0v) is 13.6. The second-order valence-corrected chi connectivity index (χ2v) is 6.20. The topological polar surface area (TPSA) is 61.4 Å². The van der Waals surface area contributed by atoms with E-state index in [0.29, 0.717) is 0 Å². The Morgan fingerprint density at radius 1 is 1.17 bits per heavy atom. The average Bonchev–Trinajstić information content (AvgIpc) is 3.01. The van der Waals surface area contributed by atoms with E-state index in [1.165, 1.54) is 12.1 Å². The Balaban J connectivity index is 1.88. The number of likely N-dealkylation sites (N-methyl/N-ethyl adjacent to an activating group) is 1. The maximum absolute atomic E-state index is 13.0. The summed E-state index contributed by atoms with van der Waals surface area (Å²) in [6.07, 6.45) is 4.07. The molecule has 0 spiro atoms. The Morgan fingerprint density at radius 2 is 1.78 bits per heavy atom. The molecule has 0 radical (unpaired) electrons. The van der Waals surface area contributed by atoms with Gasteiger partial charge in [-0.25, -0.2) is 4.39 Å². The largest absolute Gasteiger partial charge is 0.346 e. The Hall–Kier alpha value is -1.95. The van der Waals surface area contributed by atoms with Gasteiger partial charge in [-0.15, -0.1) is 0 Å². The summed E-state index contributed by atoms with van der Waals surface area (Å²) < 4.78 is 13.0. The van der Waals surface area contributed by atoms with Crippen LogP contribution < -0.4 is 10.6 Å². The Kier molecular flexibility index (Phi) is 6.10. The normalized spacial score (nSPS) is 16.3. The fraction of sp³-hybridized carbons (Fsp3) is 0.529. The van der Waals surface area contributed by atoms with E-state index in [0.717, 1.165) is 31.2 Å². The van der Waals surface area contributed by atoms with Crippen molar-refractivity contribution in [1.29, 1.82) is 0 Å². The molecule has 1 atom stereocenters. The molecule has 126 valence electrons. The third-order valence-corrected chi connectivity index (χ3v) is 4.23. The summed E-state index contributed by atoms with van der Waals surface area (Å²) in [6.45, 7) is 0.287. The number of carbonyl (C=O) groups excluding carboxylic acids is 2. The van der Waals surface area contributed by atoms with Gasteiger partial charge in [0, 0.05) is 12.6 Å². The second-order valence-electron chi connectivity index (χ2n) is 6.20. The first kappa shape index (κ1) is 17.4. The van der Waals surface area contributed by atoms with Gasteiger partial charge < -0.3 is 15.5 Å². The Morgan fingerprint density at radius 3 is 2.35 bits per heavy atom. The Labute approximate surface area is 136 Å². The number of rotatable bonds is 5. The molecule has 2 amide bonds. The molecule has 23 heavy (non-hydrogen) atoms. The van der Waals surface area contributed by atoms with Crippen LogP contribution in [0.2, 0.25) is 0 Å². The number of halogens is 1. The molecular formula is C17H24FN3O2. The molecule has 1 aromatic rings. The van der Waals surface area contributed by atoms with Crippen LogP contribution in [0.25, 0.3) is 0 Å². The summed E-state index contributed by atoms with van der Waals surface area (Å²) in [5.74, 6) is -1.49. The monoisotopic (exact) mass is 321 g/mol. The third-order valence-electron chi connectivity index (χ3n) is 4.23. The van der Waals surface area contributed by atoms with E-state index in [-0.39, 0.29) is 24.4 Å². The van der Waals surface area contributed by atoms with Crippen molar-refractivity contribution < 1.29 is 14.0 Å². The van der Waals surface area contributed by atoms with Crippen LogP contribution in [-0.4, -0.2) is 43.4 Å². The van der Waals surface area contributed by atoms with Crippen LogP contribution in [0, 0.1) is 5.82 Å². The van der Waals surface area contributed by atoms with E-state index < -0.39 is 11.8 Å². The molecule has 0 bridgehead atoms. The maximum atomic E-state index is 13.0. The van der Waals surface area contributed by atoms with Crippen molar-refractivity contribution in [2.75, 3.05) is 20.6 Å². The summed E-state index contributed by atoms with van der Waals surface area (Å²) in [6, 6.07) is 6.14. The summed E-state index contributed by atoms with van der Waals surface area (Å²) >= 11 is 0. The van der Waals surface area contributed by atoms with Gasteiger partial charge in [0.15, 0.2) is 0 Å². The summed E-state index contributed by atoms with van der Waals surface area (Å²) in [5, 5.41) is 5.43. The molecular weight excluding hydrogens is 297 g/mol. The number of nitrogens with one attached hydrogen (secondary N) is 2. The number of amides is 2. The molecule has 0 saturated heterocycles. The van der Waals surface area contributed by atoms with Gasteiger partial charge in [-0.2, -0.15) is 0 Å². The highest BCUT2D eigenvalue weighted by Crippen LogP contribution is 2.18. The first-order valence-electron chi connectivity index (χ1n) is 7.98. The van der Waals surface area contributed by atoms with Gasteiger partial charge in [-0.3, -0.25) is 9.59 Å². The standard InChI is InChI=1S/C17H24FN3O2/c1-21(2)15(12-7-9-13(18)10-8-12)11-19-16(22)17(23)20-14-5-3-4-6-14/h7-10,14-15H,3-6,11H2,1-2H3,(H,19,22)(H,20,23)/t15-/m1/s1. The summed E-state index contributed by atoms with van der Waals surface area (Å²) in [5.41, 5.74) is 0.882. The SMILES string of the molecule is CN(C)[C@H](CNC(=O)C(=O)NC1CCCC1)c1ccc(F)cc1. The molecule has 1 aliphatic carbocycles. The van der Waals surface area contributed by atoms with E-state index in [9.17, 15) is 14.0 Å². The predicted octanol–water partition coefficient (Wildman–Crippen LogP) is 1.60. The molecule has 2 N–H and O–H groups in total. The highest BCUT2D eigenvalue weighted by atomic mass is 19.1. The van der Waals surface area contributed by atoms with Crippen molar-refractivity contribution in [3.05, 3.63) is 35.6 Å². The summed E-state index contributed by atoms with van der Waals surface area (Å²) in [7, 11) is 3.75. The average molecular weight is 321 g/mol. The molecule has 2 rings (SSSR count). The molecule has 0 unspecified atom stereocenters. The van der Waals surface area contributed by atoms with Crippen molar-refractivity contribution in [2.24, 2.45) is 0 Å². The van der Waals surface area contributed by atoms with Gasteiger partial charge in [-0.05, 0) is 44.6 Å². The minimum atomic E-state index is -0.620. The van der Waals surface area contributed by atoms with Crippen molar-refractivity contribution in [2.45, 2.75) is 37.8 Å². The quantitative estimate of drug-likeness (QED) is 0.810. The molecule has 5 nitrogen and oxygen atoms in total. The van der Waals surface area contributed by atoms with Crippen molar-refractivity contribution in [3.63, 3.8) is 0 Å². The van der Waals surface area contributed by atoms with Gasteiger partial charge in [0.2, 0.25) is 0 Å². The van der Waals surface area contributed by atoms with E-state index in [4.69, 9.17) is 0 Å². The predicted molar refractivity (Wildman–Crippen MR) is 86.2 cm³/mol. The lowest BCUT2D eigenvalue weighted by Gasteiger charge is -2.25. The molecule has 0 aliphatic heterocycles. The summed E-state index contributed by atoms with van der Waals surface area (Å²) in [4.78, 5) is 25.7. The van der Waals surface area contributed by atoms with Crippen LogP contribution in [-0.2, 0) is 9.59 Å². The fourth-order valence-corrected chi connectivity index (χ4v) is 2.87. The highest BCUT2D eigenvalue weighted by Gasteiger charge is 2.22. The number of carbonyl (C=O) groups is 2. The second kappa shape index (κ2) is 8.06. The van der Waals surface area contributed by atoms with Gasteiger partial charge in [0.25, 0.3) is 0 Å². The van der Waals surface area contributed by atoms with E-state index in [2.05, 4.69) is 10.6 Å². The molecule has 1 fully saturated rings. The van der Waals surface area contributed by atoms with Crippen LogP contribution >= 0.6 is 0 Å². The number of nitrogens with zero attached hydrogens (tertiary/aromatic N) is 1. The van der Waals surface area contributed by atoms with Crippen LogP contribution in [0.4, 0.5) is 4.39 Å². The lowest BCUT2D eigenvalue weighted by molar-refractivity contribution is -0.139. The molecule has 0 heterocycles. The van der Waals surface area contributed by atoms with E-state index >= 15 is 0 Å². The number of benzene rings is 1. The van der Waals surface area contributed by atoms with Crippen LogP contribution in [0.3, 0.4) is 0 Å². The molecule has 1 aromatic carbocycles. The van der Waals surface area contributed by atoms with Crippen molar-refractivity contribution in [3.8, 4) is 0 Å². The Bertz CT molecular complexity index is 539. The lowest BCUT2D eigenvalue weighted by atomic mass is 10.1. The highest BCUT2D eigenvalue weighted by molar-refractivity contribution is 6.35.